The zero-order chi connectivity index (χ0) is 32.1. The lowest BCUT2D eigenvalue weighted by Crippen LogP contribution is -2.48. The summed E-state index contributed by atoms with van der Waals surface area (Å²) in [6.45, 7) is 5.58. The van der Waals surface area contributed by atoms with E-state index >= 15 is 0 Å². The van der Waals surface area contributed by atoms with Gasteiger partial charge in [0.1, 0.15) is 30.8 Å². The Labute approximate surface area is 258 Å². The Balaban J connectivity index is 2.09. The summed E-state index contributed by atoms with van der Waals surface area (Å²) in [5.41, 5.74) is 14.2. The van der Waals surface area contributed by atoms with Crippen LogP contribution in [0.3, 0.4) is 0 Å². The summed E-state index contributed by atoms with van der Waals surface area (Å²) in [5, 5.41) is 11.3. The molecule has 3 rings (SSSR count). The highest BCUT2D eigenvalue weighted by atomic mass is 16.5. The van der Waals surface area contributed by atoms with E-state index in [2.05, 4.69) is 21.3 Å². The largest absolute Gasteiger partial charge is 0.492 e. The van der Waals surface area contributed by atoms with Crippen LogP contribution in [0.2, 0.25) is 0 Å². The fraction of sp³-hybridized carbons (Fsp3) is 0.484. The van der Waals surface area contributed by atoms with Crippen molar-refractivity contribution < 1.29 is 28.7 Å². The van der Waals surface area contributed by atoms with Crippen LogP contribution in [0.1, 0.15) is 37.4 Å². The first-order valence-corrected chi connectivity index (χ1v) is 14.9. The Kier molecular flexibility index (Phi) is 13.4. The van der Waals surface area contributed by atoms with E-state index in [-0.39, 0.29) is 57.1 Å². The molecule has 0 radical (unpaired) electrons. The van der Waals surface area contributed by atoms with Crippen molar-refractivity contribution in [3.8, 4) is 22.6 Å². The lowest BCUT2D eigenvalue weighted by molar-refractivity contribution is -0.139. The van der Waals surface area contributed by atoms with Gasteiger partial charge in [0.25, 0.3) is 0 Å². The zero-order valence-electron chi connectivity index (χ0n) is 25.7. The first-order chi connectivity index (χ1) is 21.2. The number of rotatable bonds is 13. The van der Waals surface area contributed by atoms with E-state index in [4.69, 9.17) is 20.9 Å². The predicted molar refractivity (Wildman–Crippen MR) is 167 cm³/mol. The summed E-state index contributed by atoms with van der Waals surface area (Å²) in [6, 6.07) is 9.56. The van der Waals surface area contributed by atoms with Gasteiger partial charge in [-0.25, -0.2) is 0 Å². The third-order valence-corrected chi connectivity index (χ3v) is 7.02. The van der Waals surface area contributed by atoms with Gasteiger partial charge in [-0.3, -0.25) is 19.2 Å². The third-order valence-electron chi connectivity index (χ3n) is 7.02. The molecule has 13 heteroatoms. The van der Waals surface area contributed by atoms with Gasteiger partial charge < -0.3 is 47.1 Å². The molecule has 2 aromatic carbocycles. The number of hydrogen-bond donors (Lipinski definition) is 6. The molecular weight excluding hydrogens is 566 g/mol. The van der Waals surface area contributed by atoms with Crippen molar-refractivity contribution in [1.82, 2.24) is 26.2 Å². The molecule has 2 atom stereocenters. The number of nitrogens with one attached hydrogen (secondary N) is 4. The van der Waals surface area contributed by atoms with Crippen molar-refractivity contribution in [2.45, 2.75) is 38.8 Å². The molecular formula is C31H45N7O6. The maximum atomic E-state index is 13.7. The van der Waals surface area contributed by atoms with E-state index in [0.29, 0.717) is 47.7 Å². The fourth-order valence-electron chi connectivity index (χ4n) is 4.89. The summed E-state index contributed by atoms with van der Waals surface area (Å²) >= 11 is 0. The molecule has 0 spiro atoms. The minimum atomic E-state index is -1.13. The van der Waals surface area contributed by atoms with Crippen LogP contribution >= 0.6 is 0 Å². The van der Waals surface area contributed by atoms with Gasteiger partial charge in [0.2, 0.25) is 23.6 Å². The van der Waals surface area contributed by atoms with Crippen molar-refractivity contribution in [2.24, 2.45) is 11.5 Å². The van der Waals surface area contributed by atoms with E-state index in [9.17, 15) is 19.2 Å². The SMILES string of the molecule is CCNCCC(=O)NCC(=O)N(C)C1C(=O)NCC(=O)NC(C)Cc2ccc(OCCN)c(c2)-c2cc1ccc2OCCN. The van der Waals surface area contributed by atoms with Gasteiger partial charge in [0.15, 0.2) is 0 Å². The van der Waals surface area contributed by atoms with Crippen LogP contribution in [0.25, 0.3) is 11.1 Å². The number of carbonyl (C=O) groups is 4. The lowest BCUT2D eigenvalue weighted by atomic mass is 9.94. The summed E-state index contributed by atoms with van der Waals surface area (Å²) in [6.07, 6.45) is 0.742. The standard InChI is InChI=1S/C31H45N7O6/c1-4-34-12-9-27(39)35-19-29(41)38(3)30-22-6-8-26(44-14-11-33)24(17-22)23-16-21(5-7-25(23)43-13-10-32)15-20(2)37-28(40)18-36-31(30)42/h5-8,16-17,20,30,34H,4,9-15,18-19,32-33H2,1-3H3,(H,35,39)(H,36,42)(H,37,40). The summed E-state index contributed by atoms with van der Waals surface area (Å²) in [7, 11) is 1.48. The Bertz CT molecular complexity index is 1300. The van der Waals surface area contributed by atoms with Crippen LogP contribution in [0.4, 0.5) is 0 Å². The Morgan fingerprint density at radius 2 is 1.68 bits per heavy atom. The Hall–Kier alpha value is -4.20. The van der Waals surface area contributed by atoms with Gasteiger partial charge in [-0.05, 0) is 55.3 Å². The number of nitrogens with two attached hydrogens (primary N) is 2. The van der Waals surface area contributed by atoms with Crippen molar-refractivity contribution in [1.29, 1.82) is 0 Å². The monoisotopic (exact) mass is 611 g/mol. The van der Waals surface area contributed by atoms with Crippen molar-refractivity contribution in [3.05, 3.63) is 47.5 Å². The highest BCUT2D eigenvalue weighted by Crippen LogP contribution is 2.40. The number of hydrogen-bond acceptors (Lipinski definition) is 9. The maximum absolute atomic E-state index is 13.7. The van der Waals surface area contributed by atoms with Crippen LogP contribution in [-0.4, -0.2) is 94.1 Å². The van der Waals surface area contributed by atoms with Gasteiger partial charge in [-0.15, -0.1) is 0 Å². The van der Waals surface area contributed by atoms with Gasteiger partial charge >= 0.3 is 0 Å². The van der Waals surface area contributed by atoms with Gasteiger partial charge in [0, 0.05) is 50.3 Å². The topological polar surface area (TPSA) is 190 Å². The molecule has 0 fully saturated rings. The molecule has 0 aromatic heterocycles. The number of nitrogens with zero attached hydrogens (tertiary/aromatic N) is 1. The minimum Gasteiger partial charge on any atom is -0.492 e. The quantitative estimate of drug-likeness (QED) is 0.167. The van der Waals surface area contributed by atoms with Crippen LogP contribution < -0.4 is 42.2 Å². The molecule has 0 saturated heterocycles. The van der Waals surface area contributed by atoms with Gasteiger partial charge in [-0.2, -0.15) is 0 Å². The van der Waals surface area contributed by atoms with Crippen molar-refractivity contribution in [2.75, 3.05) is 59.5 Å². The highest BCUT2D eigenvalue weighted by molar-refractivity contribution is 5.93. The lowest BCUT2D eigenvalue weighted by Gasteiger charge is -2.29. The average Bonchev–Trinajstić information content (AvgIpc) is 3.00. The van der Waals surface area contributed by atoms with E-state index in [1.807, 2.05) is 32.0 Å². The molecule has 4 bridgehead atoms. The van der Waals surface area contributed by atoms with Crippen LogP contribution in [-0.2, 0) is 25.6 Å². The van der Waals surface area contributed by atoms with Gasteiger partial charge in [-0.1, -0.05) is 19.1 Å². The Morgan fingerprint density at radius 1 is 1.02 bits per heavy atom. The van der Waals surface area contributed by atoms with Crippen LogP contribution in [0, 0.1) is 0 Å². The molecule has 4 amide bonds. The second-order valence-corrected chi connectivity index (χ2v) is 10.5. The second-order valence-electron chi connectivity index (χ2n) is 10.5. The van der Waals surface area contributed by atoms with Crippen LogP contribution in [0.15, 0.2) is 36.4 Å². The molecule has 44 heavy (non-hydrogen) atoms. The van der Waals surface area contributed by atoms with Crippen molar-refractivity contribution in [3.63, 3.8) is 0 Å². The normalized spacial score (nSPS) is 16.7. The Morgan fingerprint density at radius 3 is 2.34 bits per heavy atom. The number of likely N-dealkylation sites (N-methyl/N-ethyl adjacent to an activating group) is 1. The van der Waals surface area contributed by atoms with E-state index in [1.54, 1.807) is 18.2 Å². The maximum Gasteiger partial charge on any atom is 0.247 e. The number of fused-ring (bicyclic) bond motifs is 5. The van der Waals surface area contributed by atoms with Crippen LogP contribution in [0.5, 0.6) is 11.5 Å². The zero-order valence-corrected chi connectivity index (χ0v) is 25.7. The molecule has 2 unspecified atom stereocenters. The summed E-state index contributed by atoms with van der Waals surface area (Å²) in [4.78, 5) is 53.1. The number of ether oxygens (including phenoxy) is 2. The van der Waals surface area contributed by atoms with E-state index < -0.39 is 17.9 Å². The molecule has 1 aliphatic rings. The fourth-order valence-corrected chi connectivity index (χ4v) is 4.89. The number of carbonyl (C=O) groups excluding carboxylic acids is 4. The highest BCUT2D eigenvalue weighted by Gasteiger charge is 2.31. The van der Waals surface area contributed by atoms with Gasteiger partial charge in [0.05, 0.1) is 13.1 Å². The summed E-state index contributed by atoms with van der Waals surface area (Å²) < 4.78 is 12.0. The number of amides is 4. The first-order valence-electron chi connectivity index (χ1n) is 14.9. The molecule has 1 aliphatic heterocycles. The van der Waals surface area contributed by atoms with E-state index in [0.717, 1.165) is 12.1 Å². The molecule has 0 aliphatic carbocycles. The molecule has 0 saturated carbocycles. The first kappa shape index (κ1) is 34.3. The second kappa shape index (κ2) is 17.2. The average molecular weight is 612 g/mol. The summed E-state index contributed by atoms with van der Waals surface area (Å²) in [5.74, 6) is -0.623. The third kappa shape index (κ3) is 9.66. The molecule has 8 N–H and O–H groups in total. The molecule has 13 nitrogen and oxygen atoms in total. The molecule has 1 heterocycles. The molecule has 2 aromatic rings. The van der Waals surface area contributed by atoms with Crippen molar-refractivity contribution >= 4 is 23.6 Å². The van der Waals surface area contributed by atoms with E-state index in [1.165, 1.54) is 11.9 Å². The number of benzene rings is 2. The minimum absolute atomic E-state index is 0.212. The predicted octanol–water partition coefficient (Wildman–Crippen LogP) is -0.179. The molecule has 240 valence electrons. The smallest absolute Gasteiger partial charge is 0.247 e.